The number of hydrogen-bond donors (Lipinski definition) is 0. The molecule has 2 bridgehead atoms. The van der Waals surface area contributed by atoms with Gasteiger partial charge in [0.15, 0.2) is 0 Å². The molecule has 96 valence electrons. The van der Waals surface area contributed by atoms with Crippen LogP contribution in [0.25, 0.3) is 10.9 Å². The van der Waals surface area contributed by atoms with Crippen molar-refractivity contribution in [3.8, 4) is 0 Å². The van der Waals surface area contributed by atoms with Crippen molar-refractivity contribution in [1.82, 2.24) is 9.88 Å². The number of nitrogens with zero attached hydrogens (tertiary/aromatic N) is 2. The smallest absolute Gasteiger partial charge is 0.0702 e. The van der Waals surface area contributed by atoms with Gasteiger partial charge in [-0.05, 0) is 50.1 Å². The van der Waals surface area contributed by atoms with Crippen LogP contribution < -0.4 is 0 Å². The monoisotopic (exact) mass is 250 g/mol. The summed E-state index contributed by atoms with van der Waals surface area (Å²) in [6.45, 7) is 0. The van der Waals surface area contributed by atoms with E-state index in [9.17, 15) is 0 Å². The first-order chi connectivity index (χ1) is 9.29. The molecule has 19 heavy (non-hydrogen) atoms. The zero-order valence-electron chi connectivity index (χ0n) is 11.2. The van der Waals surface area contributed by atoms with Gasteiger partial charge in [-0.2, -0.15) is 0 Å². The van der Waals surface area contributed by atoms with Crippen molar-refractivity contribution in [1.29, 1.82) is 0 Å². The van der Waals surface area contributed by atoms with E-state index in [0.717, 1.165) is 11.6 Å². The van der Waals surface area contributed by atoms with E-state index in [1.165, 1.54) is 30.2 Å². The molecule has 1 aromatic heterocycles. The topological polar surface area (TPSA) is 16.1 Å². The second-order valence-corrected chi connectivity index (χ2v) is 5.78. The van der Waals surface area contributed by atoms with Crippen LogP contribution in [0.3, 0.4) is 0 Å². The summed E-state index contributed by atoms with van der Waals surface area (Å²) in [4.78, 5) is 6.97. The number of hydrogen-bond acceptors (Lipinski definition) is 2. The molecule has 2 heteroatoms. The molecule has 0 spiro atoms. The third-order valence-corrected chi connectivity index (χ3v) is 4.94. The Morgan fingerprint density at radius 3 is 3.21 bits per heavy atom. The van der Waals surface area contributed by atoms with E-state index in [1.807, 2.05) is 12.3 Å². The highest BCUT2D eigenvalue weighted by Crippen LogP contribution is 2.46. The molecule has 0 radical (unpaired) electrons. The lowest BCUT2D eigenvalue weighted by Crippen LogP contribution is -2.42. The highest BCUT2D eigenvalue weighted by atomic mass is 15.2. The molecule has 2 aromatic rings. The normalized spacial score (nSPS) is 30.1. The molecule has 2 unspecified atom stereocenters. The lowest BCUT2D eigenvalue weighted by atomic mass is 9.85. The van der Waals surface area contributed by atoms with E-state index in [2.05, 4.69) is 53.3 Å². The van der Waals surface area contributed by atoms with Crippen molar-refractivity contribution in [2.24, 2.45) is 0 Å². The second-order valence-electron chi connectivity index (χ2n) is 5.78. The van der Waals surface area contributed by atoms with Crippen molar-refractivity contribution < 1.29 is 0 Å². The quantitative estimate of drug-likeness (QED) is 0.720. The summed E-state index contributed by atoms with van der Waals surface area (Å²) in [5, 5.41) is 1.24. The molecule has 2 aliphatic rings. The molecule has 1 aromatic carbocycles. The molecule has 0 saturated carbocycles. The predicted molar refractivity (Wildman–Crippen MR) is 78.0 cm³/mol. The first-order valence-electron chi connectivity index (χ1n) is 7.05. The SMILES string of the molecule is CN1C2CC=CC1(c1ccc3ncccc3c1)CC2. The lowest BCUT2D eigenvalue weighted by molar-refractivity contribution is 0.168. The Balaban J connectivity index is 1.90. The Morgan fingerprint density at radius 1 is 1.32 bits per heavy atom. The highest BCUT2D eigenvalue weighted by Gasteiger charge is 2.45. The third kappa shape index (κ3) is 1.50. The molecule has 1 saturated heterocycles. The minimum absolute atomic E-state index is 0.118. The van der Waals surface area contributed by atoms with Crippen molar-refractivity contribution in [3.63, 3.8) is 0 Å². The van der Waals surface area contributed by atoms with E-state index in [4.69, 9.17) is 0 Å². The van der Waals surface area contributed by atoms with Crippen LogP contribution in [0.5, 0.6) is 0 Å². The van der Waals surface area contributed by atoms with Gasteiger partial charge in [-0.1, -0.05) is 24.3 Å². The largest absolute Gasteiger partial charge is 0.290 e. The lowest BCUT2D eigenvalue weighted by Gasteiger charge is -2.39. The van der Waals surface area contributed by atoms with Crippen LogP contribution in [-0.4, -0.2) is 23.0 Å². The van der Waals surface area contributed by atoms with Gasteiger partial charge in [-0.3, -0.25) is 9.88 Å². The molecule has 1 fully saturated rings. The summed E-state index contributed by atoms with van der Waals surface area (Å²) in [5.74, 6) is 0. The molecule has 0 amide bonds. The summed E-state index contributed by atoms with van der Waals surface area (Å²) in [7, 11) is 2.27. The number of rotatable bonds is 1. The standard InChI is InChI=1S/C17H18N2/c1-19-15-5-2-9-17(19,10-8-15)14-6-7-16-13(12-14)4-3-11-18-16/h2-4,6-7,9,11-12,15H,5,8,10H2,1H3. The van der Waals surface area contributed by atoms with Crippen LogP contribution in [-0.2, 0) is 5.54 Å². The fourth-order valence-electron chi connectivity index (χ4n) is 3.77. The minimum Gasteiger partial charge on any atom is -0.290 e. The molecular weight excluding hydrogens is 232 g/mol. The van der Waals surface area contributed by atoms with E-state index in [0.29, 0.717) is 0 Å². The first-order valence-corrected chi connectivity index (χ1v) is 7.05. The van der Waals surface area contributed by atoms with Gasteiger partial charge in [0, 0.05) is 17.6 Å². The number of pyridine rings is 1. The molecule has 2 nitrogen and oxygen atoms in total. The van der Waals surface area contributed by atoms with Crippen LogP contribution in [0.1, 0.15) is 24.8 Å². The fourth-order valence-corrected chi connectivity index (χ4v) is 3.77. The Morgan fingerprint density at radius 2 is 2.26 bits per heavy atom. The van der Waals surface area contributed by atoms with Gasteiger partial charge in [0.05, 0.1) is 11.1 Å². The van der Waals surface area contributed by atoms with Crippen molar-refractivity contribution in [2.45, 2.75) is 30.8 Å². The fraction of sp³-hybridized carbons (Fsp3) is 0.353. The number of aromatic nitrogens is 1. The molecule has 2 atom stereocenters. The van der Waals surface area contributed by atoms with Gasteiger partial charge in [0.2, 0.25) is 0 Å². The van der Waals surface area contributed by atoms with Crippen molar-refractivity contribution >= 4 is 10.9 Å². The molecular formula is C17H18N2. The molecule has 2 aliphatic heterocycles. The van der Waals surface area contributed by atoms with Crippen LogP contribution in [0, 0.1) is 0 Å². The Hall–Kier alpha value is -1.67. The Bertz CT molecular complexity index is 661. The zero-order valence-corrected chi connectivity index (χ0v) is 11.2. The van der Waals surface area contributed by atoms with Gasteiger partial charge >= 0.3 is 0 Å². The average Bonchev–Trinajstić information content (AvgIpc) is 2.66. The molecule has 4 rings (SSSR count). The maximum Gasteiger partial charge on any atom is 0.0702 e. The molecule has 0 aliphatic carbocycles. The van der Waals surface area contributed by atoms with Gasteiger partial charge in [0.1, 0.15) is 0 Å². The summed E-state index contributed by atoms with van der Waals surface area (Å²) in [5.41, 5.74) is 2.61. The van der Waals surface area contributed by atoms with Crippen molar-refractivity contribution in [2.75, 3.05) is 7.05 Å². The van der Waals surface area contributed by atoms with Crippen LogP contribution in [0.2, 0.25) is 0 Å². The highest BCUT2D eigenvalue weighted by molar-refractivity contribution is 5.79. The number of likely N-dealkylation sites (N-methyl/N-ethyl adjacent to an activating group) is 1. The number of benzene rings is 1. The van der Waals surface area contributed by atoms with E-state index in [-0.39, 0.29) is 5.54 Å². The van der Waals surface area contributed by atoms with Crippen LogP contribution in [0.15, 0.2) is 48.7 Å². The van der Waals surface area contributed by atoms with E-state index < -0.39 is 0 Å². The summed E-state index contributed by atoms with van der Waals surface area (Å²) >= 11 is 0. The summed E-state index contributed by atoms with van der Waals surface area (Å²) in [6, 6.07) is 11.6. The predicted octanol–water partition coefficient (Wildman–Crippen LogP) is 3.48. The second kappa shape index (κ2) is 3.91. The van der Waals surface area contributed by atoms with Gasteiger partial charge in [-0.15, -0.1) is 0 Å². The minimum atomic E-state index is 0.118. The maximum absolute atomic E-state index is 4.41. The number of fused-ring (bicyclic) bond motifs is 3. The van der Waals surface area contributed by atoms with Gasteiger partial charge in [-0.25, -0.2) is 0 Å². The zero-order chi connectivity index (χ0) is 12.9. The van der Waals surface area contributed by atoms with Crippen LogP contribution >= 0.6 is 0 Å². The molecule has 0 N–H and O–H groups in total. The van der Waals surface area contributed by atoms with E-state index in [1.54, 1.807) is 0 Å². The van der Waals surface area contributed by atoms with Crippen molar-refractivity contribution in [3.05, 3.63) is 54.2 Å². The van der Waals surface area contributed by atoms with Crippen LogP contribution in [0.4, 0.5) is 0 Å². The van der Waals surface area contributed by atoms with Gasteiger partial charge < -0.3 is 0 Å². The summed E-state index contributed by atoms with van der Waals surface area (Å²) in [6.07, 6.45) is 10.4. The average molecular weight is 250 g/mol. The van der Waals surface area contributed by atoms with E-state index >= 15 is 0 Å². The first kappa shape index (κ1) is 11.2. The molecule has 3 heterocycles. The van der Waals surface area contributed by atoms with Gasteiger partial charge in [0.25, 0.3) is 0 Å². The third-order valence-electron chi connectivity index (χ3n) is 4.94. The summed E-state index contributed by atoms with van der Waals surface area (Å²) < 4.78 is 0. The Labute approximate surface area is 113 Å². The maximum atomic E-state index is 4.41. The Kier molecular flexibility index (Phi) is 2.30.